The summed E-state index contributed by atoms with van der Waals surface area (Å²) in [5, 5.41) is 3.86. The molecule has 0 bridgehead atoms. The summed E-state index contributed by atoms with van der Waals surface area (Å²) in [6.45, 7) is 2.34. The summed E-state index contributed by atoms with van der Waals surface area (Å²) in [6, 6.07) is 15.8. The zero-order valence-electron chi connectivity index (χ0n) is 12.7. The summed E-state index contributed by atoms with van der Waals surface area (Å²) in [6.07, 6.45) is 9.28. The molecular weight excluding hydrogens is 256 g/mol. The molecule has 2 unspecified atom stereocenters. The van der Waals surface area contributed by atoms with Gasteiger partial charge in [-0.3, -0.25) is 4.98 Å². The fraction of sp³-hybridized carbons (Fsp3) is 0.421. The second-order valence-electron chi connectivity index (χ2n) is 6.12. The van der Waals surface area contributed by atoms with E-state index in [-0.39, 0.29) is 6.04 Å². The first-order chi connectivity index (χ1) is 10.3. The second-order valence-corrected chi connectivity index (χ2v) is 6.12. The Morgan fingerprint density at radius 3 is 2.24 bits per heavy atom. The molecule has 0 radical (unpaired) electrons. The Balaban J connectivity index is 1.82. The Bertz CT molecular complexity index is 493. The first-order valence-electron chi connectivity index (χ1n) is 8.05. The number of benzene rings is 1. The maximum absolute atomic E-state index is 4.15. The number of pyridine rings is 1. The van der Waals surface area contributed by atoms with Gasteiger partial charge in [0.15, 0.2) is 0 Å². The summed E-state index contributed by atoms with van der Waals surface area (Å²) in [5.41, 5.74) is 2.62. The lowest BCUT2D eigenvalue weighted by Crippen LogP contribution is -2.36. The molecule has 1 fully saturated rings. The normalized spacial score (nSPS) is 18.5. The van der Waals surface area contributed by atoms with Gasteiger partial charge in [-0.1, -0.05) is 43.2 Å². The molecule has 2 atom stereocenters. The average molecular weight is 280 g/mol. The van der Waals surface area contributed by atoms with Gasteiger partial charge >= 0.3 is 0 Å². The van der Waals surface area contributed by atoms with Crippen LogP contribution in [0, 0.1) is 5.92 Å². The number of rotatable bonds is 5. The fourth-order valence-corrected chi connectivity index (χ4v) is 3.44. The van der Waals surface area contributed by atoms with Crippen LogP contribution in [0.5, 0.6) is 0 Å². The van der Waals surface area contributed by atoms with Gasteiger partial charge in [0.05, 0.1) is 6.04 Å². The van der Waals surface area contributed by atoms with Crippen LogP contribution in [-0.2, 0) is 0 Å². The van der Waals surface area contributed by atoms with Gasteiger partial charge in [0.1, 0.15) is 0 Å². The number of aromatic nitrogens is 1. The first-order valence-corrected chi connectivity index (χ1v) is 8.05. The molecule has 1 N–H and O–H groups in total. The summed E-state index contributed by atoms with van der Waals surface area (Å²) in [4.78, 5) is 4.15. The number of nitrogens with zero attached hydrogens (tertiary/aromatic N) is 1. The van der Waals surface area contributed by atoms with Crippen molar-refractivity contribution in [1.29, 1.82) is 0 Å². The molecule has 1 aliphatic rings. The van der Waals surface area contributed by atoms with Gasteiger partial charge in [-0.2, -0.15) is 0 Å². The lowest BCUT2D eigenvalue weighted by molar-refractivity contribution is 0.361. The van der Waals surface area contributed by atoms with Crippen LogP contribution in [0.2, 0.25) is 0 Å². The molecule has 2 aromatic rings. The highest BCUT2D eigenvalue weighted by Gasteiger charge is 2.24. The predicted octanol–water partition coefficient (Wildman–Crippen LogP) is 4.34. The van der Waals surface area contributed by atoms with Crippen LogP contribution in [0.3, 0.4) is 0 Å². The Morgan fingerprint density at radius 2 is 1.57 bits per heavy atom. The lowest BCUT2D eigenvalue weighted by Gasteiger charge is -2.28. The molecule has 1 aromatic heterocycles. The van der Waals surface area contributed by atoms with Crippen molar-refractivity contribution in [2.75, 3.05) is 0 Å². The van der Waals surface area contributed by atoms with E-state index < -0.39 is 0 Å². The van der Waals surface area contributed by atoms with E-state index in [4.69, 9.17) is 0 Å². The van der Waals surface area contributed by atoms with E-state index in [1.165, 1.54) is 36.8 Å². The molecule has 0 saturated heterocycles. The standard InChI is InChI=1S/C19H24N2/c1-15(16-7-5-6-8-16)21-19(17-9-3-2-4-10-17)18-11-13-20-14-12-18/h2-4,9-16,19,21H,5-8H2,1H3. The number of nitrogens with one attached hydrogen (secondary N) is 1. The third-order valence-electron chi connectivity index (χ3n) is 4.71. The Hall–Kier alpha value is -1.67. The van der Waals surface area contributed by atoms with Crippen LogP contribution in [0.4, 0.5) is 0 Å². The first kappa shape index (κ1) is 14.3. The van der Waals surface area contributed by atoms with Crippen LogP contribution in [-0.4, -0.2) is 11.0 Å². The Labute approximate surface area is 127 Å². The molecule has 0 spiro atoms. The third kappa shape index (κ3) is 3.51. The van der Waals surface area contributed by atoms with E-state index in [9.17, 15) is 0 Å². The van der Waals surface area contributed by atoms with Crippen molar-refractivity contribution in [2.24, 2.45) is 5.92 Å². The quantitative estimate of drug-likeness (QED) is 0.881. The van der Waals surface area contributed by atoms with Crippen molar-refractivity contribution < 1.29 is 0 Å². The van der Waals surface area contributed by atoms with E-state index in [1.807, 2.05) is 12.4 Å². The molecule has 1 aromatic carbocycles. The van der Waals surface area contributed by atoms with Crippen LogP contribution < -0.4 is 5.32 Å². The largest absolute Gasteiger partial charge is 0.303 e. The minimum atomic E-state index is 0.254. The van der Waals surface area contributed by atoms with Crippen molar-refractivity contribution in [2.45, 2.75) is 44.7 Å². The highest BCUT2D eigenvalue weighted by atomic mass is 15.0. The maximum Gasteiger partial charge on any atom is 0.0579 e. The molecule has 21 heavy (non-hydrogen) atoms. The van der Waals surface area contributed by atoms with Gasteiger partial charge in [-0.25, -0.2) is 0 Å². The maximum atomic E-state index is 4.15. The Morgan fingerprint density at radius 1 is 0.952 bits per heavy atom. The lowest BCUT2D eigenvalue weighted by atomic mass is 9.94. The van der Waals surface area contributed by atoms with Crippen LogP contribution >= 0.6 is 0 Å². The highest BCUT2D eigenvalue weighted by molar-refractivity contribution is 5.30. The molecule has 2 nitrogen and oxygen atoms in total. The van der Waals surface area contributed by atoms with Gasteiger partial charge in [0.2, 0.25) is 0 Å². The topological polar surface area (TPSA) is 24.9 Å². The molecule has 1 aliphatic carbocycles. The van der Waals surface area contributed by atoms with E-state index in [2.05, 4.69) is 59.7 Å². The summed E-state index contributed by atoms with van der Waals surface area (Å²) >= 11 is 0. The molecule has 1 saturated carbocycles. The van der Waals surface area contributed by atoms with Gasteiger partial charge in [0, 0.05) is 18.4 Å². The molecule has 1 heterocycles. The van der Waals surface area contributed by atoms with Crippen LogP contribution in [0.15, 0.2) is 54.9 Å². The van der Waals surface area contributed by atoms with Crippen molar-refractivity contribution in [3.8, 4) is 0 Å². The molecular formula is C19H24N2. The molecule has 3 rings (SSSR count). The van der Waals surface area contributed by atoms with Crippen LogP contribution in [0.25, 0.3) is 0 Å². The smallest absolute Gasteiger partial charge is 0.0579 e. The van der Waals surface area contributed by atoms with Crippen LogP contribution in [0.1, 0.15) is 49.8 Å². The summed E-state index contributed by atoms with van der Waals surface area (Å²) < 4.78 is 0. The minimum absolute atomic E-state index is 0.254. The van der Waals surface area contributed by atoms with Gasteiger partial charge in [0.25, 0.3) is 0 Å². The summed E-state index contributed by atoms with van der Waals surface area (Å²) in [5.74, 6) is 0.818. The third-order valence-corrected chi connectivity index (χ3v) is 4.71. The van der Waals surface area contributed by atoms with E-state index in [1.54, 1.807) is 0 Å². The molecule has 2 heteroatoms. The second kappa shape index (κ2) is 6.86. The van der Waals surface area contributed by atoms with Gasteiger partial charge in [-0.15, -0.1) is 0 Å². The molecule has 0 amide bonds. The van der Waals surface area contributed by atoms with E-state index in [0.717, 1.165) is 5.92 Å². The molecule has 0 aliphatic heterocycles. The van der Waals surface area contributed by atoms with Crippen molar-refractivity contribution in [3.63, 3.8) is 0 Å². The van der Waals surface area contributed by atoms with Gasteiger partial charge < -0.3 is 5.32 Å². The zero-order valence-corrected chi connectivity index (χ0v) is 12.7. The predicted molar refractivity (Wildman–Crippen MR) is 87.1 cm³/mol. The zero-order chi connectivity index (χ0) is 14.5. The SMILES string of the molecule is CC(NC(c1ccccc1)c1ccncc1)C1CCCC1. The number of hydrogen-bond acceptors (Lipinski definition) is 2. The average Bonchev–Trinajstić information content (AvgIpc) is 3.09. The minimum Gasteiger partial charge on any atom is -0.303 e. The van der Waals surface area contributed by atoms with Crippen molar-refractivity contribution in [3.05, 3.63) is 66.0 Å². The van der Waals surface area contributed by atoms with Crippen molar-refractivity contribution in [1.82, 2.24) is 10.3 Å². The Kier molecular flexibility index (Phi) is 4.66. The number of hydrogen-bond donors (Lipinski definition) is 1. The fourth-order valence-electron chi connectivity index (χ4n) is 3.44. The monoisotopic (exact) mass is 280 g/mol. The van der Waals surface area contributed by atoms with Crippen molar-refractivity contribution >= 4 is 0 Å². The van der Waals surface area contributed by atoms with Gasteiger partial charge in [-0.05, 0) is 48.9 Å². The summed E-state index contributed by atoms with van der Waals surface area (Å²) in [7, 11) is 0. The highest BCUT2D eigenvalue weighted by Crippen LogP contribution is 2.30. The molecule has 110 valence electrons. The van der Waals surface area contributed by atoms with E-state index >= 15 is 0 Å². The van der Waals surface area contributed by atoms with E-state index in [0.29, 0.717) is 6.04 Å².